The van der Waals surface area contributed by atoms with Crippen LogP contribution >= 0.6 is 11.6 Å². The third-order valence-corrected chi connectivity index (χ3v) is 8.30. The maximum atomic E-state index is 13.9. The van der Waals surface area contributed by atoms with E-state index in [4.69, 9.17) is 25.5 Å². The average molecular weight is 538 g/mol. The van der Waals surface area contributed by atoms with E-state index in [2.05, 4.69) is 9.88 Å². The van der Waals surface area contributed by atoms with Gasteiger partial charge in [-0.3, -0.25) is 0 Å². The van der Waals surface area contributed by atoms with Gasteiger partial charge in [0.2, 0.25) is 26.6 Å². The molecule has 10 heteroatoms. The van der Waals surface area contributed by atoms with Crippen LogP contribution in [0.25, 0.3) is 11.5 Å². The molecule has 0 atom stereocenters. The van der Waals surface area contributed by atoms with Crippen molar-refractivity contribution in [3.63, 3.8) is 0 Å². The molecule has 2 aliphatic heterocycles. The Hall–Kier alpha value is -3.69. The molecule has 0 aliphatic carbocycles. The number of piperazine rings is 1. The molecule has 37 heavy (non-hydrogen) atoms. The van der Waals surface area contributed by atoms with Crippen molar-refractivity contribution in [2.75, 3.05) is 49.2 Å². The largest absolute Gasteiger partial charge is 0.486 e. The Balaban J connectivity index is 1.36. The lowest BCUT2D eigenvalue weighted by molar-refractivity contribution is 0.171. The van der Waals surface area contributed by atoms with Gasteiger partial charge in [-0.2, -0.15) is 4.98 Å². The zero-order chi connectivity index (χ0) is 25.4. The summed E-state index contributed by atoms with van der Waals surface area (Å²) < 4.78 is 45.1. The van der Waals surface area contributed by atoms with Crippen LogP contribution in [-0.2, 0) is 9.84 Å². The van der Waals surface area contributed by atoms with Crippen LogP contribution in [0.5, 0.6) is 11.5 Å². The topological polar surface area (TPSA) is 85.1 Å². The van der Waals surface area contributed by atoms with Crippen LogP contribution in [0.2, 0.25) is 5.02 Å². The van der Waals surface area contributed by atoms with E-state index in [1.165, 1.54) is 12.1 Å². The summed E-state index contributed by atoms with van der Waals surface area (Å²) in [6, 6.07) is 21.6. The van der Waals surface area contributed by atoms with E-state index in [0.29, 0.717) is 61.5 Å². The first-order valence-electron chi connectivity index (χ1n) is 12.0. The highest BCUT2D eigenvalue weighted by Gasteiger charge is 2.33. The smallest absolute Gasteiger partial charge is 0.236 e. The first-order valence-corrected chi connectivity index (χ1v) is 13.8. The molecule has 0 N–H and O–H groups in total. The van der Waals surface area contributed by atoms with Gasteiger partial charge in [-0.25, -0.2) is 8.42 Å². The number of nitrogens with zero attached hydrogens (tertiary/aromatic N) is 3. The number of oxazole rings is 1. The van der Waals surface area contributed by atoms with E-state index in [-0.39, 0.29) is 21.7 Å². The maximum absolute atomic E-state index is 13.9. The quantitative estimate of drug-likeness (QED) is 0.354. The number of sulfone groups is 1. The number of rotatable bonds is 5. The maximum Gasteiger partial charge on any atom is 0.236 e. The molecule has 0 amide bonds. The van der Waals surface area contributed by atoms with Crippen LogP contribution in [0.15, 0.2) is 87.1 Å². The number of hydrogen-bond acceptors (Lipinski definition) is 8. The predicted octanol–water partition coefficient (Wildman–Crippen LogP) is 4.93. The Labute approximate surface area is 219 Å². The Morgan fingerprint density at radius 2 is 1.51 bits per heavy atom. The van der Waals surface area contributed by atoms with Gasteiger partial charge in [-0.05, 0) is 42.5 Å². The van der Waals surface area contributed by atoms with E-state index in [1.807, 2.05) is 59.5 Å². The second-order valence-electron chi connectivity index (χ2n) is 8.76. The fourth-order valence-corrected chi connectivity index (χ4v) is 6.04. The molecule has 4 aromatic rings. The molecule has 1 saturated heterocycles. The van der Waals surface area contributed by atoms with E-state index < -0.39 is 9.84 Å². The molecule has 3 heterocycles. The van der Waals surface area contributed by atoms with Crippen LogP contribution in [-0.4, -0.2) is 52.8 Å². The van der Waals surface area contributed by atoms with Gasteiger partial charge in [0.25, 0.3) is 0 Å². The molecule has 1 aromatic heterocycles. The van der Waals surface area contributed by atoms with Crippen molar-refractivity contribution in [1.29, 1.82) is 0 Å². The van der Waals surface area contributed by atoms with Crippen molar-refractivity contribution in [1.82, 2.24) is 4.98 Å². The lowest BCUT2D eigenvalue weighted by Gasteiger charge is -2.36. The summed E-state index contributed by atoms with van der Waals surface area (Å²) in [6.07, 6.45) is 0. The number of ether oxygens (including phenoxy) is 2. The average Bonchev–Trinajstić information content (AvgIpc) is 3.40. The van der Waals surface area contributed by atoms with Gasteiger partial charge in [0.15, 0.2) is 11.5 Å². The molecule has 0 spiro atoms. The molecule has 0 radical (unpaired) electrons. The van der Waals surface area contributed by atoms with Gasteiger partial charge in [0, 0.05) is 48.5 Å². The summed E-state index contributed by atoms with van der Waals surface area (Å²) in [5.41, 5.74) is 1.73. The molecule has 0 saturated carbocycles. The van der Waals surface area contributed by atoms with Crippen molar-refractivity contribution >= 4 is 33.0 Å². The van der Waals surface area contributed by atoms with E-state index in [1.54, 1.807) is 6.07 Å². The number of anilines is 2. The Kier molecular flexibility index (Phi) is 6.18. The second kappa shape index (κ2) is 9.64. The minimum absolute atomic E-state index is 0.0727. The van der Waals surface area contributed by atoms with Gasteiger partial charge in [-0.15, -0.1) is 0 Å². The normalized spacial score (nSPS) is 15.6. The molecule has 3 aromatic carbocycles. The van der Waals surface area contributed by atoms with Crippen molar-refractivity contribution in [2.24, 2.45) is 0 Å². The number of fused-ring (bicyclic) bond motifs is 1. The molecule has 0 bridgehead atoms. The van der Waals surface area contributed by atoms with Crippen molar-refractivity contribution < 1.29 is 22.3 Å². The van der Waals surface area contributed by atoms with Crippen molar-refractivity contribution in [3.05, 3.63) is 77.8 Å². The third kappa shape index (κ3) is 4.60. The molecule has 2 aliphatic rings. The molecule has 1 fully saturated rings. The van der Waals surface area contributed by atoms with Gasteiger partial charge in [0.05, 0.1) is 4.90 Å². The second-order valence-corrected chi connectivity index (χ2v) is 11.1. The monoisotopic (exact) mass is 537 g/mol. The highest BCUT2D eigenvalue weighted by molar-refractivity contribution is 7.91. The van der Waals surface area contributed by atoms with E-state index in [0.717, 1.165) is 5.69 Å². The minimum atomic E-state index is -4.02. The van der Waals surface area contributed by atoms with Crippen LogP contribution in [0.1, 0.15) is 0 Å². The summed E-state index contributed by atoms with van der Waals surface area (Å²) in [5, 5.41) is 0.565. The molecule has 6 rings (SSSR count). The van der Waals surface area contributed by atoms with Crippen LogP contribution in [0, 0.1) is 0 Å². The Bertz CT molecular complexity index is 1530. The number of aromatic nitrogens is 1. The summed E-state index contributed by atoms with van der Waals surface area (Å²) in [7, 11) is -4.02. The van der Waals surface area contributed by atoms with Gasteiger partial charge >= 0.3 is 0 Å². The molecule has 190 valence electrons. The molecule has 0 unspecified atom stereocenters. The fourth-order valence-electron chi connectivity index (χ4n) is 4.52. The van der Waals surface area contributed by atoms with Gasteiger partial charge < -0.3 is 23.7 Å². The molecular weight excluding hydrogens is 514 g/mol. The highest BCUT2D eigenvalue weighted by atomic mass is 35.5. The molecular formula is C27H24ClN3O5S. The number of benzene rings is 3. The Morgan fingerprint density at radius 1 is 0.784 bits per heavy atom. The predicted molar refractivity (Wildman–Crippen MR) is 141 cm³/mol. The van der Waals surface area contributed by atoms with Gasteiger partial charge in [-0.1, -0.05) is 35.9 Å². The first kappa shape index (κ1) is 23.7. The third-order valence-electron chi connectivity index (χ3n) is 6.42. The number of hydrogen-bond donors (Lipinski definition) is 0. The lowest BCUT2D eigenvalue weighted by atomic mass is 10.2. The minimum Gasteiger partial charge on any atom is -0.486 e. The zero-order valence-corrected chi connectivity index (χ0v) is 21.4. The first-order chi connectivity index (χ1) is 18.0. The highest BCUT2D eigenvalue weighted by Crippen LogP contribution is 2.38. The Morgan fingerprint density at radius 3 is 2.27 bits per heavy atom. The molecule has 8 nitrogen and oxygen atoms in total. The van der Waals surface area contributed by atoms with Crippen LogP contribution < -0.4 is 19.3 Å². The summed E-state index contributed by atoms with van der Waals surface area (Å²) >= 11 is 6.18. The van der Waals surface area contributed by atoms with E-state index >= 15 is 0 Å². The zero-order valence-electron chi connectivity index (χ0n) is 19.8. The van der Waals surface area contributed by atoms with Gasteiger partial charge in [0.1, 0.15) is 13.2 Å². The summed E-state index contributed by atoms with van der Waals surface area (Å²) in [4.78, 5) is 8.73. The SMILES string of the molecule is O=S(=O)(c1ccc2c(c1)OCCO2)c1nc(-c2ccccc2)oc1N1CCN(c2cccc(Cl)c2)CC1. The summed E-state index contributed by atoms with van der Waals surface area (Å²) in [5.74, 6) is 1.41. The van der Waals surface area contributed by atoms with E-state index in [9.17, 15) is 8.42 Å². The van der Waals surface area contributed by atoms with Crippen molar-refractivity contribution in [2.45, 2.75) is 9.92 Å². The summed E-state index contributed by atoms with van der Waals surface area (Å²) in [6.45, 7) is 3.24. The lowest BCUT2D eigenvalue weighted by Crippen LogP contribution is -2.46. The fraction of sp³-hybridized carbons (Fsp3) is 0.222. The number of halogens is 1. The standard InChI is InChI=1S/C27H24ClN3O5S/c28-20-7-4-8-21(17-20)30-11-13-31(14-12-30)27-26(29-25(36-27)19-5-2-1-3-6-19)37(32,33)22-9-10-23-24(18-22)35-16-15-34-23/h1-10,17-18H,11-16H2. The van der Waals surface area contributed by atoms with Crippen molar-refractivity contribution in [3.8, 4) is 23.0 Å². The van der Waals surface area contributed by atoms with Crippen LogP contribution in [0.3, 0.4) is 0 Å². The van der Waals surface area contributed by atoms with Crippen LogP contribution in [0.4, 0.5) is 11.6 Å².